The number of hydrogen-bond donors (Lipinski definition) is 1. The molecule has 0 unspecified atom stereocenters. The maximum atomic E-state index is 13.1. The summed E-state index contributed by atoms with van der Waals surface area (Å²) in [6.45, 7) is 4.49. The van der Waals surface area contributed by atoms with Gasteiger partial charge in [0.25, 0.3) is 11.8 Å². The molecular weight excluding hydrogens is 410 g/mol. The average Bonchev–Trinajstić information content (AvgIpc) is 3.39. The van der Waals surface area contributed by atoms with Crippen LogP contribution in [0.3, 0.4) is 0 Å². The van der Waals surface area contributed by atoms with Crippen molar-refractivity contribution in [2.45, 2.75) is 26.9 Å². The zero-order chi connectivity index (χ0) is 22.8. The molecule has 1 aromatic heterocycles. The van der Waals surface area contributed by atoms with E-state index in [2.05, 4.69) is 22.3 Å². The Kier molecular flexibility index (Phi) is 5.91. The minimum atomic E-state index is -1.02. The molecule has 0 bridgehead atoms. The highest BCUT2D eigenvalue weighted by Crippen LogP contribution is 2.28. The lowest BCUT2D eigenvalue weighted by Gasteiger charge is -2.31. The third kappa shape index (κ3) is 4.47. The highest BCUT2D eigenvalue weighted by atomic mass is 16.5. The lowest BCUT2D eigenvalue weighted by Crippen LogP contribution is -2.47. The number of carbonyl (C=O) groups is 2. The van der Waals surface area contributed by atoms with Gasteiger partial charge in [-0.05, 0) is 42.7 Å². The molecule has 9 nitrogen and oxygen atoms in total. The van der Waals surface area contributed by atoms with E-state index in [0.29, 0.717) is 36.1 Å². The quantitative estimate of drug-likeness (QED) is 0.604. The Morgan fingerprint density at radius 3 is 2.38 bits per heavy atom. The minimum Gasteiger partial charge on any atom is -0.480 e. The van der Waals surface area contributed by atoms with Gasteiger partial charge in [0.05, 0.1) is 6.54 Å². The molecule has 0 aliphatic carbocycles. The van der Waals surface area contributed by atoms with E-state index in [0.717, 1.165) is 5.56 Å². The fourth-order valence-corrected chi connectivity index (χ4v) is 3.84. The van der Waals surface area contributed by atoms with Gasteiger partial charge in [-0.3, -0.25) is 14.6 Å². The summed E-state index contributed by atoms with van der Waals surface area (Å²) in [5.41, 5.74) is 4.51. The second-order valence-electron chi connectivity index (χ2n) is 7.91. The van der Waals surface area contributed by atoms with Crippen molar-refractivity contribution in [3.63, 3.8) is 0 Å². The van der Waals surface area contributed by atoms with Crippen LogP contribution in [0, 0.1) is 13.8 Å². The summed E-state index contributed by atoms with van der Waals surface area (Å²) in [6.07, 6.45) is 0. The minimum absolute atomic E-state index is 0.0806. The first-order valence-corrected chi connectivity index (χ1v) is 10.3. The number of hydrazine groups is 1. The van der Waals surface area contributed by atoms with Gasteiger partial charge in [-0.15, -0.1) is 0 Å². The molecule has 0 fully saturated rings. The van der Waals surface area contributed by atoms with Crippen LogP contribution in [0.4, 0.5) is 5.69 Å². The van der Waals surface area contributed by atoms with Gasteiger partial charge in [-0.25, -0.2) is 5.01 Å². The molecule has 9 heteroatoms. The van der Waals surface area contributed by atoms with Crippen molar-refractivity contribution < 1.29 is 19.2 Å². The lowest BCUT2D eigenvalue weighted by atomic mass is 10.1. The fraction of sp³-hybridized carbons (Fsp3) is 0.304. The first-order valence-electron chi connectivity index (χ1n) is 10.3. The molecule has 3 aromatic rings. The number of carboxylic acid groups (broad SMARTS) is 1. The SMILES string of the molecule is Cc1noc(-c2ccc(C)c(N(CC(=O)O)CC(=O)N(C)N3Cc4ccccc4C3)c2)n1. The van der Waals surface area contributed by atoms with Crippen LogP contribution in [0.15, 0.2) is 47.0 Å². The summed E-state index contributed by atoms with van der Waals surface area (Å²) in [4.78, 5) is 30.5. The van der Waals surface area contributed by atoms with Gasteiger partial charge >= 0.3 is 5.97 Å². The topological polar surface area (TPSA) is 103 Å². The van der Waals surface area contributed by atoms with Crippen molar-refractivity contribution in [3.8, 4) is 11.5 Å². The lowest BCUT2D eigenvalue weighted by molar-refractivity contribution is -0.145. The molecule has 32 heavy (non-hydrogen) atoms. The van der Waals surface area contributed by atoms with E-state index in [1.165, 1.54) is 11.1 Å². The van der Waals surface area contributed by atoms with Crippen molar-refractivity contribution >= 4 is 17.6 Å². The van der Waals surface area contributed by atoms with Crippen LogP contribution in [-0.2, 0) is 22.7 Å². The normalized spacial score (nSPS) is 13.1. The van der Waals surface area contributed by atoms with Crippen molar-refractivity contribution in [3.05, 3.63) is 65.0 Å². The summed E-state index contributed by atoms with van der Waals surface area (Å²) in [5.74, 6) is -0.366. The number of aliphatic carboxylic acids is 1. The maximum absolute atomic E-state index is 13.1. The largest absolute Gasteiger partial charge is 0.480 e. The number of hydrogen-bond acceptors (Lipinski definition) is 7. The Bertz CT molecular complexity index is 1130. The summed E-state index contributed by atoms with van der Waals surface area (Å²) in [6, 6.07) is 13.5. The summed E-state index contributed by atoms with van der Waals surface area (Å²) >= 11 is 0. The van der Waals surface area contributed by atoms with Crippen LogP contribution in [0.5, 0.6) is 0 Å². The van der Waals surface area contributed by atoms with E-state index < -0.39 is 5.97 Å². The number of aryl methyl sites for hydroxylation is 2. The second kappa shape index (κ2) is 8.80. The van der Waals surface area contributed by atoms with Gasteiger partial charge in [0.1, 0.15) is 6.54 Å². The molecule has 1 aliphatic rings. The van der Waals surface area contributed by atoms with E-state index in [4.69, 9.17) is 4.52 Å². The summed E-state index contributed by atoms with van der Waals surface area (Å²) in [7, 11) is 1.72. The molecule has 1 aliphatic heterocycles. The van der Waals surface area contributed by atoms with Gasteiger partial charge in [0.2, 0.25) is 0 Å². The third-order valence-electron chi connectivity index (χ3n) is 5.59. The first-order chi connectivity index (χ1) is 15.3. The van der Waals surface area contributed by atoms with Crippen LogP contribution in [0.1, 0.15) is 22.5 Å². The van der Waals surface area contributed by atoms with Gasteiger partial charge in [-0.2, -0.15) is 4.98 Å². The molecular formula is C23H25N5O4. The van der Waals surface area contributed by atoms with Crippen LogP contribution < -0.4 is 4.90 Å². The Labute approximate surface area is 185 Å². The van der Waals surface area contributed by atoms with E-state index in [-0.39, 0.29) is 19.0 Å². The van der Waals surface area contributed by atoms with E-state index in [1.807, 2.05) is 36.2 Å². The van der Waals surface area contributed by atoms with Crippen molar-refractivity contribution in [1.82, 2.24) is 20.2 Å². The number of carboxylic acids is 1. The van der Waals surface area contributed by atoms with Crippen LogP contribution in [0.2, 0.25) is 0 Å². The van der Waals surface area contributed by atoms with Crippen LogP contribution in [0.25, 0.3) is 11.5 Å². The van der Waals surface area contributed by atoms with E-state index >= 15 is 0 Å². The molecule has 0 saturated heterocycles. The molecule has 166 valence electrons. The Balaban J connectivity index is 1.55. The van der Waals surface area contributed by atoms with Crippen molar-refractivity contribution in [1.29, 1.82) is 0 Å². The molecule has 2 heterocycles. The average molecular weight is 435 g/mol. The van der Waals surface area contributed by atoms with Crippen molar-refractivity contribution in [2.75, 3.05) is 25.0 Å². The molecule has 4 rings (SSSR count). The number of anilines is 1. The second-order valence-corrected chi connectivity index (χ2v) is 7.91. The Hall–Kier alpha value is -3.72. The molecule has 1 N–H and O–H groups in total. The predicted molar refractivity (Wildman–Crippen MR) is 118 cm³/mol. The Morgan fingerprint density at radius 1 is 1.09 bits per heavy atom. The van der Waals surface area contributed by atoms with Crippen molar-refractivity contribution in [2.24, 2.45) is 0 Å². The third-order valence-corrected chi connectivity index (χ3v) is 5.59. The van der Waals surface area contributed by atoms with E-state index in [9.17, 15) is 14.7 Å². The number of carbonyl (C=O) groups excluding carboxylic acids is 1. The van der Waals surface area contributed by atoms with Gasteiger partial charge in [0.15, 0.2) is 5.82 Å². The number of aromatic nitrogens is 2. The number of amides is 1. The molecule has 0 saturated carbocycles. The molecule has 0 spiro atoms. The van der Waals surface area contributed by atoms with Gasteiger partial charge in [0, 0.05) is 31.4 Å². The first kappa shape index (κ1) is 21.5. The Morgan fingerprint density at radius 2 is 1.78 bits per heavy atom. The number of fused-ring (bicyclic) bond motifs is 1. The summed E-state index contributed by atoms with van der Waals surface area (Å²) in [5, 5.41) is 16.8. The van der Waals surface area contributed by atoms with E-state index in [1.54, 1.807) is 29.9 Å². The number of benzene rings is 2. The summed E-state index contributed by atoms with van der Waals surface area (Å²) < 4.78 is 5.25. The van der Waals surface area contributed by atoms with Gasteiger partial charge < -0.3 is 14.5 Å². The zero-order valence-electron chi connectivity index (χ0n) is 18.3. The molecule has 0 atom stereocenters. The highest BCUT2D eigenvalue weighted by Gasteiger charge is 2.27. The highest BCUT2D eigenvalue weighted by molar-refractivity contribution is 5.85. The van der Waals surface area contributed by atoms with Crippen LogP contribution in [-0.4, -0.2) is 57.3 Å². The van der Waals surface area contributed by atoms with Gasteiger partial charge in [-0.1, -0.05) is 35.5 Å². The predicted octanol–water partition coefficient (Wildman–Crippen LogP) is 2.63. The standard InChI is InChI=1S/C23H25N5O4/c1-15-8-9-17(23-24-16(2)25-32-23)10-20(15)27(14-22(30)31)13-21(29)26(3)28-11-18-6-4-5-7-19(18)12-28/h4-10H,11-14H2,1-3H3,(H,30,31). The molecule has 2 aromatic carbocycles. The number of likely N-dealkylation sites (N-methyl/N-ethyl adjacent to an activating group) is 1. The smallest absolute Gasteiger partial charge is 0.323 e. The van der Waals surface area contributed by atoms with Crippen LogP contribution >= 0.6 is 0 Å². The number of rotatable bonds is 7. The fourth-order valence-electron chi connectivity index (χ4n) is 3.84. The monoisotopic (exact) mass is 435 g/mol. The zero-order valence-corrected chi connectivity index (χ0v) is 18.3. The molecule has 1 amide bonds. The number of nitrogens with zero attached hydrogens (tertiary/aromatic N) is 5. The maximum Gasteiger partial charge on any atom is 0.323 e. The molecule has 0 radical (unpaired) electrons.